The topological polar surface area (TPSA) is 84.9 Å². The number of nitrogens with one attached hydrogen (secondary N) is 1. The maximum atomic E-state index is 13.1. The molecule has 0 unspecified atom stereocenters. The average Bonchev–Trinajstić information content (AvgIpc) is 3.17. The van der Waals surface area contributed by atoms with E-state index in [-0.39, 0.29) is 17.9 Å². The fourth-order valence-corrected chi connectivity index (χ4v) is 4.09. The molecule has 1 aromatic rings. The number of hydrogen-bond acceptors (Lipinski definition) is 5. The van der Waals surface area contributed by atoms with E-state index in [0.717, 1.165) is 18.4 Å². The van der Waals surface area contributed by atoms with Crippen LogP contribution in [-0.4, -0.2) is 60.1 Å². The van der Waals surface area contributed by atoms with Crippen molar-refractivity contribution >= 4 is 17.8 Å². The molecular formula is C24H36N2O5. The third kappa shape index (κ3) is 7.06. The predicted molar refractivity (Wildman–Crippen MR) is 118 cm³/mol. The lowest BCUT2D eigenvalue weighted by atomic mass is 9.94. The van der Waals surface area contributed by atoms with Crippen molar-refractivity contribution in [2.75, 3.05) is 13.7 Å². The Morgan fingerprint density at radius 2 is 1.84 bits per heavy atom. The molecule has 7 heteroatoms. The number of esters is 1. The van der Waals surface area contributed by atoms with Crippen LogP contribution in [0.2, 0.25) is 0 Å². The van der Waals surface area contributed by atoms with E-state index < -0.39 is 29.6 Å². The molecule has 0 aliphatic carbocycles. The minimum Gasteiger partial charge on any atom is -0.458 e. The number of amides is 2. The molecule has 1 aromatic carbocycles. The van der Waals surface area contributed by atoms with Gasteiger partial charge < -0.3 is 19.7 Å². The first-order valence-corrected chi connectivity index (χ1v) is 10.9. The summed E-state index contributed by atoms with van der Waals surface area (Å²) in [5, 5.41) is 2.87. The summed E-state index contributed by atoms with van der Waals surface area (Å²) in [7, 11) is 1.56. The highest BCUT2D eigenvalue weighted by molar-refractivity contribution is 5.86. The molecule has 1 fully saturated rings. The standard InChI is InChI=1S/C24H36N2O5/c1-16(21(30-6)20-13-10-14-26(20)17(2)27)22(28)25-19(23(29)31-24(3,4)5)15-18-11-8-7-9-12-18/h7-9,11-12,16,19-21H,10,13-15H2,1-6H3,(H,25,28)/t16-,19+,20+,21-/m1/s1. The van der Waals surface area contributed by atoms with Gasteiger partial charge in [-0.15, -0.1) is 0 Å². The fraction of sp³-hybridized carbons (Fsp3) is 0.625. The van der Waals surface area contributed by atoms with Crippen LogP contribution in [-0.2, 0) is 30.3 Å². The van der Waals surface area contributed by atoms with Gasteiger partial charge in [-0.25, -0.2) is 4.79 Å². The Morgan fingerprint density at radius 1 is 1.19 bits per heavy atom. The number of likely N-dealkylation sites (tertiary alicyclic amines) is 1. The maximum absolute atomic E-state index is 13.1. The van der Waals surface area contributed by atoms with Crippen molar-refractivity contribution in [2.24, 2.45) is 5.92 Å². The molecule has 0 saturated carbocycles. The minimum absolute atomic E-state index is 0.0205. The molecule has 2 rings (SSSR count). The van der Waals surface area contributed by atoms with Crippen LogP contribution in [0.5, 0.6) is 0 Å². The van der Waals surface area contributed by atoms with E-state index in [1.165, 1.54) is 6.92 Å². The van der Waals surface area contributed by atoms with Gasteiger partial charge in [0.25, 0.3) is 0 Å². The van der Waals surface area contributed by atoms with Gasteiger partial charge >= 0.3 is 5.97 Å². The van der Waals surface area contributed by atoms with Crippen molar-refractivity contribution in [3.8, 4) is 0 Å². The number of ether oxygens (including phenoxy) is 2. The van der Waals surface area contributed by atoms with Gasteiger partial charge in [0, 0.05) is 27.0 Å². The van der Waals surface area contributed by atoms with Crippen LogP contribution < -0.4 is 5.32 Å². The summed E-state index contributed by atoms with van der Waals surface area (Å²) in [4.78, 5) is 39.7. The van der Waals surface area contributed by atoms with Crippen LogP contribution in [0.15, 0.2) is 30.3 Å². The number of methoxy groups -OCH3 is 1. The molecule has 0 aromatic heterocycles. The molecule has 0 spiro atoms. The molecule has 31 heavy (non-hydrogen) atoms. The normalized spacial score (nSPS) is 19.4. The first-order valence-electron chi connectivity index (χ1n) is 10.9. The zero-order valence-corrected chi connectivity index (χ0v) is 19.5. The highest BCUT2D eigenvalue weighted by atomic mass is 16.6. The smallest absolute Gasteiger partial charge is 0.329 e. The van der Waals surface area contributed by atoms with Gasteiger partial charge in [0.05, 0.1) is 18.1 Å². The SMILES string of the molecule is CO[C@H]([C@@H](C)C(=O)N[C@@H](Cc1ccccc1)C(=O)OC(C)(C)C)[C@@H]1CCCN1C(C)=O. The Kier molecular flexibility index (Phi) is 8.62. The Hall–Kier alpha value is -2.41. The third-order valence-corrected chi connectivity index (χ3v) is 5.55. The molecule has 1 saturated heterocycles. The largest absolute Gasteiger partial charge is 0.458 e. The van der Waals surface area contributed by atoms with E-state index in [2.05, 4.69) is 5.32 Å². The molecule has 0 radical (unpaired) electrons. The Labute approximate surface area is 185 Å². The van der Waals surface area contributed by atoms with E-state index >= 15 is 0 Å². The lowest BCUT2D eigenvalue weighted by Gasteiger charge is -2.34. The van der Waals surface area contributed by atoms with Crippen molar-refractivity contribution < 1.29 is 23.9 Å². The number of carbonyl (C=O) groups excluding carboxylic acids is 3. The summed E-state index contributed by atoms with van der Waals surface area (Å²) in [5.41, 5.74) is 0.261. The molecule has 1 N–H and O–H groups in total. The minimum atomic E-state index is -0.818. The van der Waals surface area contributed by atoms with E-state index in [1.54, 1.807) is 39.7 Å². The van der Waals surface area contributed by atoms with Crippen molar-refractivity contribution in [2.45, 2.75) is 77.7 Å². The van der Waals surface area contributed by atoms with Crippen LogP contribution in [0.25, 0.3) is 0 Å². The summed E-state index contributed by atoms with van der Waals surface area (Å²) in [5.74, 6) is -1.34. The molecule has 7 nitrogen and oxygen atoms in total. The zero-order valence-electron chi connectivity index (χ0n) is 19.5. The van der Waals surface area contributed by atoms with Crippen molar-refractivity contribution in [3.05, 3.63) is 35.9 Å². The Balaban J connectivity index is 2.16. The van der Waals surface area contributed by atoms with E-state index in [9.17, 15) is 14.4 Å². The summed E-state index contributed by atoms with van der Waals surface area (Å²) in [6.45, 7) is 9.37. The maximum Gasteiger partial charge on any atom is 0.329 e. The average molecular weight is 433 g/mol. The number of benzene rings is 1. The van der Waals surface area contributed by atoms with Gasteiger partial charge in [0.2, 0.25) is 11.8 Å². The molecule has 172 valence electrons. The second kappa shape index (κ2) is 10.8. The summed E-state index contributed by atoms with van der Waals surface area (Å²) >= 11 is 0. The van der Waals surface area contributed by atoms with Gasteiger partial charge in [0.15, 0.2) is 0 Å². The summed E-state index contributed by atoms with van der Waals surface area (Å²) in [6, 6.07) is 8.53. The molecule has 2 amide bonds. The fourth-order valence-electron chi connectivity index (χ4n) is 4.09. The Morgan fingerprint density at radius 3 is 2.39 bits per heavy atom. The van der Waals surface area contributed by atoms with Crippen LogP contribution >= 0.6 is 0 Å². The monoisotopic (exact) mass is 432 g/mol. The van der Waals surface area contributed by atoms with Crippen LogP contribution in [0, 0.1) is 5.92 Å². The number of hydrogen-bond donors (Lipinski definition) is 1. The van der Waals surface area contributed by atoms with Crippen LogP contribution in [0.3, 0.4) is 0 Å². The molecule has 4 atom stereocenters. The highest BCUT2D eigenvalue weighted by Crippen LogP contribution is 2.26. The molecule has 1 aliphatic rings. The predicted octanol–water partition coefficient (Wildman–Crippen LogP) is 2.72. The van der Waals surface area contributed by atoms with Gasteiger partial charge in [0.1, 0.15) is 11.6 Å². The van der Waals surface area contributed by atoms with Crippen LogP contribution in [0.4, 0.5) is 0 Å². The Bertz CT molecular complexity index is 759. The van der Waals surface area contributed by atoms with Gasteiger partial charge in [-0.2, -0.15) is 0 Å². The van der Waals surface area contributed by atoms with Gasteiger partial charge in [-0.05, 0) is 39.2 Å². The second-order valence-electron chi connectivity index (χ2n) is 9.20. The molecule has 0 bridgehead atoms. The van der Waals surface area contributed by atoms with E-state index in [0.29, 0.717) is 13.0 Å². The highest BCUT2D eigenvalue weighted by Gasteiger charge is 2.39. The zero-order chi connectivity index (χ0) is 23.2. The van der Waals surface area contributed by atoms with E-state index in [4.69, 9.17) is 9.47 Å². The van der Waals surface area contributed by atoms with Gasteiger partial charge in [-0.1, -0.05) is 37.3 Å². The summed E-state index contributed by atoms with van der Waals surface area (Å²) in [6.07, 6.45) is 1.54. The number of carbonyl (C=O) groups is 3. The van der Waals surface area contributed by atoms with Crippen molar-refractivity contribution in [3.63, 3.8) is 0 Å². The van der Waals surface area contributed by atoms with Gasteiger partial charge in [-0.3, -0.25) is 9.59 Å². The van der Waals surface area contributed by atoms with E-state index in [1.807, 2.05) is 30.3 Å². The molecular weight excluding hydrogens is 396 g/mol. The number of nitrogens with zero attached hydrogens (tertiary/aromatic N) is 1. The van der Waals surface area contributed by atoms with Crippen molar-refractivity contribution in [1.82, 2.24) is 10.2 Å². The quantitative estimate of drug-likeness (QED) is 0.639. The number of rotatable bonds is 8. The van der Waals surface area contributed by atoms with Crippen LogP contribution in [0.1, 0.15) is 53.0 Å². The first kappa shape index (κ1) is 24.9. The lowest BCUT2D eigenvalue weighted by Crippen LogP contribution is -2.52. The molecule has 1 heterocycles. The van der Waals surface area contributed by atoms with Crippen molar-refractivity contribution in [1.29, 1.82) is 0 Å². The second-order valence-corrected chi connectivity index (χ2v) is 9.20. The first-order chi connectivity index (χ1) is 14.5. The third-order valence-electron chi connectivity index (χ3n) is 5.55. The molecule has 1 aliphatic heterocycles. The summed E-state index contributed by atoms with van der Waals surface area (Å²) < 4.78 is 11.2. The lowest BCUT2D eigenvalue weighted by molar-refractivity contribution is -0.159.